The third-order valence-corrected chi connectivity index (χ3v) is 15.0. The smallest absolute Gasteiger partial charge is 0.458 e. The Labute approximate surface area is 413 Å². The van der Waals surface area contributed by atoms with Crippen LogP contribution in [0.5, 0.6) is 0 Å². The number of benzene rings is 1. The molecule has 5 heterocycles. The number of carbonyl (C=O) groups is 3. The molecule has 1 aromatic heterocycles. The van der Waals surface area contributed by atoms with E-state index in [1.807, 2.05) is 95.9 Å². The van der Waals surface area contributed by atoms with Crippen LogP contribution in [0.2, 0.25) is 0 Å². The fourth-order valence-electron chi connectivity index (χ4n) is 11.1. The van der Waals surface area contributed by atoms with Crippen molar-refractivity contribution in [3.63, 3.8) is 0 Å². The second kappa shape index (κ2) is 22.8. The molecule has 0 saturated carbocycles. The summed E-state index contributed by atoms with van der Waals surface area (Å²) in [7, 11) is 7.19. The van der Waals surface area contributed by atoms with Crippen LogP contribution in [0.25, 0.3) is 0 Å². The summed E-state index contributed by atoms with van der Waals surface area (Å²) < 4.78 is 58.5. The molecule has 3 N–H and O–H groups in total. The van der Waals surface area contributed by atoms with E-state index in [2.05, 4.69) is 15.6 Å². The van der Waals surface area contributed by atoms with Crippen LogP contribution in [0.1, 0.15) is 106 Å². The molecule has 6 rings (SSSR count). The van der Waals surface area contributed by atoms with E-state index in [0.717, 1.165) is 5.56 Å². The van der Waals surface area contributed by atoms with Crippen molar-refractivity contribution in [3.05, 3.63) is 47.8 Å². The molecule has 4 aliphatic heterocycles. The van der Waals surface area contributed by atoms with Crippen LogP contribution < -0.4 is 5.32 Å². The molecule has 0 bridgehead atoms. The highest BCUT2D eigenvalue weighted by Gasteiger charge is 2.58. The predicted octanol–water partition coefficient (Wildman–Crippen LogP) is 4.66. The molecule has 4 fully saturated rings. The molecule has 0 aliphatic carbocycles. The van der Waals surface area contributed by atoms with Crippen LogP contribution in [0, 0.1) is 17.8 Å². The first kappa shape index (κ1) is 55.3. The maximum atomic E-state index is 14.8. The number of aromatic nitrogens is 3. The molecular formula is C50H80N6O14. The second-order valence-electron chi connectivity index (χ2n) is 21.2. The first-order valence-corrected chi connectivity index (χ1v) is 24.8. The van der Waals surface area contributed by atoms with Gasteiger partial charge in [-0.3, -0.25) is 9.69 Å². The highest BCUT2D eigenvalue weighted by atomic mass is 16.8. The minimum absolute atomic E-state index is 0.0465. The van der Waals surface area contributed by atoms with Gasteiger partial charge in [0.05, 0.1) is 55.2 Å². The number of ether oxygens (including phenoxy) is 9. The molecule has 0 spiro atoms. The minimum atomic E-state index is -1.61. The van der Waals surface area contributed by atoms with E-state index in [1.54, 1.807) is 45.5 Å². The lowest BCUT2D eigenvalue weighted by atomic mass is 9.77. The third kappa shape index (κ3) is 12.6. The fourth-order valence-corrected chi connectivity index (χ4v) is 11.1. The van der Waals surface area contributed by atoms with Crippen molar-refractivity contribution in [2.24, 2.45) is 17.8 Å². The highest BCUT2D eigenvalue weighted by molar-refractivity contribution is 5.73. The lowest BCUT2D eigenvalue weighted by Crippen LogP contribution is -2.61. The van der Waals surface area contributed by atoms with Crippen molar-refractivity contribution in [1.82, 2.24) is 30.1 Å². The average molecular weight is 989 g/mol. The summed E-state index contributed by atoms with van der Waals surface area (Å²) in [6.45, 7) is 19.2. The van der Waals surface area contributed by atoms with E-state index in [1.165, 1.54) is 7.11 Å². The molecule has 4 aliphatic rings. The van der Waals surface area contributed by atoms with E-state index in [4.69, 9.17) is 42.6 Å². The van der Waals surface area contributed by atoms with Crippen molar-refractivity contribution in [3.8, 4) is 0 Å². The number of nitrogens with one attached hydrogen (secondary N) is 1. The highest BCUT2D eigenvalue weighted by Crippen LogP contribution is 2.42. The van der Waals surface area contributed by atoms with Crippen LogP contribution in [-0.4, -0.2) is 178 Å². The second-order valence-corrected chi connectivity index (χ2v) is 21.2. The summed E-state index contributed by atoms with van der Waals surface area (Å²) in [6.07, 6.45) is -7.92. The zero-order valence-corrected chi connectivity index (χ0v) is 43.6. The van der Waals surface area contributed by atoms with Crippen molar-refractivity contribution in [2.75, 3.05) is 34.8 Å². The first-order valence-electron chi connectivity index (χ1n) is 24.8. The van der Waals surface area contributed by atoms with Gasteiger partial charge in [0.1, 0.15) is 23.5 Å². The first-order chi connectivity index (χ1) is 32.9. The number of aliphatic hydroxyl groups excluding tert-OH is 1. The quantitative estimate of drug-likeness (QED) is 0.194. The summed E-state index contributed by atoms with van der Waals surface area (Å²) in [5.41, 5.74) is -2.53. The van der Waals surface area contributed by atoms with Crippen LogP contribution in [0.3, 0.4) is 0 Å². The number of nitrogens with zero attached hydrogens (tertiary/aromatic N) is 5. The number of aliphatic hydroxyl groups is 2. The molecule has 1 amide bonds. The number of fused-ring (bicyclic) bond motifs is 1. The van der Waals surface area contributed by atoms with Gasteiger partial charge in [-0.2, -0.15) is 0 Å². The van der Waals surface area contributed by atoms with Gasteiger partial charge in [-0.15, -0.1) is 5.10 Å². The fraction of sp³-hybridized carbons (Fsp3) is 0.780. The van der Waals surface area contributed by atoms with Gasteiger partial charge >= 0.3 is 18.2 Å². The molecule has 18 atom stereocenters. The number of hydrogen-bond donors (Lipinski definition) is 3. The topological polar surface area (TPSA) is 224 Å². The van der Waals surface area contributed by atoms with Crippen LogP contribution in [0.15, 0.2) is 36.5 Å². The maximum Gasteiger partial charge on any atom is 0.509 e. The Morgan fingerprint density at radius 3 is 2.34 bits per heavy atom. The summed E-state index contributed by atoms with van der Waals surface area (Å²) in [5.74, 6) is -2.70. The molecule has 0 unspecified atom stereocenters. The maximum absolute atomic E-state index is 14.8. The Balaban J connectivity index is 1.29. The van der Waals surface area contributed by atoms with E-state index >= 15 is 0 Å². The molecular weight excluding hydrogens is 909 g/mol. The number of amides is 1. The summed E-state index contributed by atoms with van der Waals surface area (Å²) in [5, 5.41) is 35.7. The average Bonchev–Trinajstić information content (AvgIpc) is 3.88. The Bertz CT molecular complexity index is 2050. The monoisotopic (exact) mass is 989 g/mol. The van der Waals surface area contributed by atoms with Gasteiger partial charge in [0, 0.05) is 38.1 Å². The van der Waals surface area contributed by atoms with Gasteiger partial charge < -0.3 is 63.1 Å². The summed E-state index contributed by atoms with van der Waals surface area (Å²) in [4.78, 5) is 45.0. The Morgan fingerprint density at radius 1 is 0.986 bits per heavy atom. The van der Waals surface area contributed by atoms with Gasteiger partial charge in [0.2, 0.25) is 0 Å². The number of hydrogen-bond acceptors (Lipinski definition) is 18. The lowest BCUT2D eigenvalue weighted by molar-refractivity contribution is -0.317. The lowest BCUT2D eigenvalue weighted by Gasteiger charge is -2.49. The number of cyclic esters (lactones) is 1. The number of esters is 1. The number of methoxy groups -OCH3 is 1. The van der Waals surface area contributed by atoms with Crippen molar-refractivity contribution < 1.29 is 67.2 Å². The van der Waals surface area contributed by atoms with Gasteiger partial charge in [-0.1, -0.05) is 56.3 Å². The van der Waals surface area contributed by atoms with Gasteiger partial charge in [-0.05, 0) is 100 Å². The zero-order valence-electron chi connectivity index (χ0n) is 43.6. The number of likely N-dealkylation sites (N-methyl/N-ethyl adjacent to an activating group) is 2. The number of alkyl carbamates (subject to hydrolysis) is 1. The number of rotatable bonds is 12. The van der Waals surface area contributed by atoms with Gasteiger partial charge in [-0.25, -0.2) is 14.3 Å². The molecule has 394 valence electrons. The van der Waals surface area contributed by atoms with Gasteiger partial charge in [0.15, 0.2) is 30.4 Å². The zero-order chi connectivity index (χ0) is 51.5. The van der Waals surface area contributed by atoms with Crippen molar-refractivity contribution >= 4 is 18.2 Å². The van der Waals surface area contributed by atoms with Gasteiger partial charge in [0.25, 0.3) is 0 Å². The minimum Gasteiger partial charge on any atom is -0.458 e. The standard InChI is InChI=1S/C50H80N6O14/c1-15-37-50(10)42(69-47(60)70-50)32(6)55(13)25-28(2)22-48(8,61)41(67-45-39(57)36(54(11)12)21-29(3)63-45)30(4)40(31(5)44(58)65-37)66-38-23-49(9,62-14)43(33(7)64-38)68-46(59)51-24-35-27-56(53-52-35)26-34-19-17-16-18-20-34/h16-20,27-33,36-43,45,57,61H,15,21-26H2,1-14H3,(H,51,59)/t28-,29-,30+,31-,32-,33+,36+,37-,38+,39-,40+,41-,42-,43+,45+,48-,49-,50-/m1/s1. The SMILES string of the molecule is CC[C@H]1OC(=O)[C@H](C)[C@@H](O[C@H]2C[C@@](C)(OC)[C@@H](OC(=O)NCc3cn(Cc4ccccc4)nn3)[C@H](C)O2)[C@H](C)[C@@H](O[C@@H]2O[C@H](C)C[C@H](N(C)C)[C@H]2O)[C@](C)(O)C[C@@H](C)CN(C)[C@H](C)[C@H]2OC(=O)O[C@@]21C. The van der Waals surface area contributed by atoms with E-state index in [9.17, 15) is 24.6 Å². The predicted molar refractivity (Wildman–Crippen MR) is 254 cm³/mol. The van der Waals surface area contributed by atoms with E-state index in [-0.39, 0.29) is 49.9 Å². The molecule has 20 nitrogen and oxygen atoms in total. The molecule has 70 heavy (non-hydrogen) atoms. The number of carbonyl (C=O) groups excluding carboxylic acids is 3. The van der Waals surface area contributed by atoms with E-state index in [0.29, 0.717) is 25.2 Å². The van der Waals surface area contributed by atoms with Crippen LogP contribution in [0.4, 0.5) is 9.59 Å². The Morgan fingerprint density at radius 2 is 1.69 bits per heavy atom. The van der Waals surface area contributed by atoms with Crippen LogP contribution in [-0.2, 0) is 60.5 Å². The molecule has 1 aromatic carbocycles. The Kier molecular flexibility index (Phi) is 18.0. The van der Waals surface area contributed by atoms with Crippen molar-refractivity contribution in [1.29, 1.82) is 0 Å². The molecule has 20 heteroatoms. The molecule has 0 radical (unpaired) electrons. The van der Waals surface area contributed by atoms with E-state index < -0.39 is 102 Å². The van der Waals surface area contributed by atoms with Crippen LogP contribution >= 0.6 is 0 Å². The summed E-state index contributed by atoms with van der Waals surface area (Å²) in [6, 6.07) is 9.13. The Hall–Kier alpha value is -3.99. The summed E-state index contributed by atoms with van der Waals surface area (Å²) >= 11 is 0. The largest absolute Gasteiger partial charge is 0.509 e. The van der Waals surface area contributed by atoms with Crippen molar-refractivity contribution in [2.45, 2.75) is 198 Å². The molecule has 4 saturated heterocycles. The molecule has 2 aromatic rings. The normalized spacial score (nSPS) is 40.3. The third-order valence-electron chi connectivity index (χ3n) is 15.0.